The number of aliphatic carboxylic acids is 1. The normalized spacial score (nSPS) is 24.1. The van der Waals surface area contributed by atoms with Gasteiger partial charge in [0.1, 0.15) is 0 Å². The summed E-state index contributed by atoms with van der Waals surface area (Å²) in [6.45, 7) is 1.08. The van der Waals surface area contributed by atoms with E-state index in [2.05, 4.69) is 5.32 Å². The largest absolute Gasteiger partial charge is 0.479 e. The van der Waals surface area contributed by atoms with Crippen LogP contribution in [0.15, 0.2) is 0 Å². The summed E-state index contributed by atoms with van der Waals surface area (Å²) in [5.41, 5.74) is 0. The maximum absolute atomic E-state index is 11.8. The average Bonchev–Trinajstić information content (AvgIpc) is 2.76. The third kappa shape index (κ3) is 2.95. The van der Waals surface area contributed by atoms with Gasteiger partial charge in [-0.15, -0.1) is 0 Å². The lowest BCUT2D eigenvalue weighted by molar-refractivity contribution is -0.146. The predicted octanol–water partition coefficient (Wildman–Crippen LogP) is -1.55. The highest BCUT2D eigenvalue weighted by Crippen LogP contribution is 2.22. The molecule has 2 aliphatic heterocycles. The van der Waals surface area contributed by atoms with E-state index in [-0.39, 0.29) is 18.5 Å². The molecule has 2 unspecified atom stereocenters. The SMILES string of the molecule is O=C(O)C(O)CNC(=O)N1CCN2C(=O)CCC2C1. The van der Waals surface area contributed by atoms with Crippen LogP contribution in [0.4, 0.5) is 4.79 Å². The standard InChI is InChI=1S/C11H17N3O5/c15-8(10(17)18)5-12-11(19)13-3-4-14-7(6-13)1-2-9(14)16/h7-8,15H,1-6H2,(H,12,19)(H,17,18). The number of carbonyl (C=O) groups excluding carboxylic acids is 2. The zero-order valence-electron chi connectivity index (χ0n) is 10.4. The third-order valence-corrected chi connectivity index (χ3v) is 3.51. The molecule has 0 spiro atoms. The monoisotopic (exact) mass is 271 g/mol. The van der Waals surface area contributed by atoms with Crippen molar-refractivity contribution in [1.29, 1.82) is 0 Å². The van der Waals surface area contributed by atoms with Crippen molar-refractivity contribution in [3.63, 3.8) is 0 Å². The van der Waals surface area contributed by atoms with Gasteiger partial charge in [0.25, 0.3) is 0 Å². The van der Waals surface area contributed by atoms with Gasteiger partial charge in [-0.05, 0) is 6.42 Å². The summed E-state index contributed by atoms with van der Waals surface area (Å²) in [5.74, 6) is -1.24. The highest BCUT2D eigenvalue weighted by atomic mass is 16.4. The van der Waals surface area contributed by atoms with Crippen molar-refractivity contribution < 1.29 is 24.6 Å². The van der Waals surface area contributed by atoms with E-state index >= 15 is 0 Å². The second-order valence-electron chi connectivity index (χ2n) is 4.77. The van der Waals surface area contributed by atoms with Gasteiger partial charge in [0.15, 0.2) is 6.10 Å². The number of carbonyl (C=O) groups is 3. The van der Waals surface area contributed by atoms with E-state index in [9.17, 15) is 14.4 Å². The van der Waals surface area contributed by atoms with E-state index in [1.807, 2.05) is 0 Å². The number of aliphatic hydroxyl groups is 1. The van der Waals surface area contributed by atoms with Crippen LogP contribution in [-0.2, 0) is 9.59 Å². The number of aliphatic hydroxyl groups excluding tert-OH is 1. The Morgan fingerprint density at radius 2 is 2.16 bits per heavy atom. The number of carboxylic acids is 1. The number of amides is 3. The number of nitrogens with one attached hydrogen (secondary N) is 1. The molecule has 0 aromatic carbocycles. The van der Waals surface area contributed by atoms with Crippen LogP contribution in [0.1, 0.15) is 12.8 Å². The molecule has 2 rings (SSSR count). The molecule has 2 saturated heterocycles. The molecule has 8 heteroatoms. The van der Waals surface area contributed by atoms with Crippen LogP contribution in [-0.4, -0.2) is 76.2 Å². The van der Waals surface area contributed by atoms with Crippen LogP contribution in [0.3, 0.4) is 0 Å². The molecule has 3 N–H and O–H groups in total. The Bertz CT molecular complexity index is 400. The maximum Gasteiger partial charge on any atom is 0.334 e. The highest BCUT2D eigenvalue weighted by Gasteiger charge is 2.36. The van der Waals surface area contributed by atoms with Crippen LogP contribution >= 0.6 is 0 Å². The molecule has 3 amide bonds. The fourth-order valence-corrected chi connectivity index (χ4v) is 2.43. The van der Waals surface area contributed by atoms with Gasteiger partial charge in [-0.3, -0.25) is 4.79 Å². The second-order valence-corrected chi connectivity index (χ2v) is 4.77. The van der Waals surface area contributed by atoms with Crippen molar-refractivity contribution in [3.05, 3.63) is 0 Å². The van der Waals surface area contributed by atoms with Crippen molar-refractivity contribution in [2.24, 2.45) is 0 Å². The van der Waals surface area contributed by atoms with Crippen molar-refractivity contribution in [1.82, 2.24) is 15.1 Å². The highest BCUT2D eigenvalue weighted by molar-refractivity contribution is 5.80. The van der Waals surface area contributed by atoms with Gasteiger partial charge < -0.3 is 25.3 Å². The van der Waals surface area contributed by atoms with E-state index in [1.54, 1.807) is 9.80 Å². The van der Waals surface area contributed by atoms with E-state index < -0.39 is 18.1 Å². The number of hydrogen-bond donors (Lipinski definition) is 3. The average molecular weight is 271 g/mol. The van der Waals surface area contributed by atoms with Crippen LogP contribution in [0, 0.1) is 0 Å². The van der Waals surface area contributed by atoms with Crippen LogP contribution < -0.4 is 5.32 Å². The molecule has 2 aliphatic rings. The topological polar surface area (TPSA) is 110 Å². The number of nitrogens with zero attached hydrogens (tertiary/aromatic N) is 2. The van der Waals surface area contributed by atoms with Crippen molar-refractivity contribution in [3.8, 4) is 0 Å². The Balaban J connectivity index is 1.81. The fraction of sp³-hybridized carbons (Fsp3) is 0.727. The van der Waals surface area contributed by atoms with Gasteiger partial charge >= 0.3 is 12.0 Å². The fourth-order valence-electron chi connectivity index (χ4n) is 2.43. The lowest BCUT2D eigenvalue weighted by atomic mass is 10.1. The molecule has 19 heavy (non-hydrogen) atoms. The van der Waals surface area contributed by atoms with Crippen LogP contribution in [0.25, 0.3) is 0 Å². The molecule has 0 aromatic heterocycles. The number of carboxylic acid groups (broad SMARTS) is 1. The number of fused-ring (bicyclic) bond motifs is 1. The molecule has 0 aliphatic carbocycles. The molecule has 0 radical (unpaired) electrons. The van der Waals surface area contributed by atoms with Crippen molar-refractivity contribution >= 4 is 17.9 Å². The zero-order chi connectivity index (χ0) is 14.0. The third-order valence-electron chi connectivity index (χ3n) is 3.51. The summed E-state index contributed by atoms with van der Waals surface area (Å²) in [5, 5.41) is 19.9. The minimum atomic E-state index is -1.60. The van der Waals surface area contributed by atoms with E-state index in [4.69, 9.17) is 10.2 Å². The summed E-state index contributed by atoms with van der Waals surface area (Å²) in [4.78, 5) is 37.0. The molecule has 2 fully saturated rings. The smallest absolute Gasteiger partial charge is 0.334 e. The van der Waals surface area contributed by atoms with Gasteiger partial charge in [-0.2, -0.15) is 0 Å². The summed E-state index contributed by atoms with van der Waals surface area (Å²) in [6, 6.07) is -0.337. The van der Waals surface area contributed by atoms with Crippen molar-refractivity contribution in [2.45, 2.75) is 25.0 Å². The molecule has 106 valence electrons. The lowest BCUT2D eigenvalue weighted by Gasteiger charge is -2.37. The molecule has 2 heterocycles. The summed E-state index contributed by atoms with van der Waals surface area (Å²) in [6.07, 6.45) is -0.323. The molecule has 0 saturated carbocycles. The first-order chi connectivity index (χ1) is 8.99. The summed E-state index contributed by atoms with van der Waals surface area (Å²) in [7, 11) is 0. The van der Waals surface area contributed by atoms with Crippen LogP contribution in [0.5, 0.6) is 0 Å². The quantitative estimate of drug-likeness (QED) is 0.575. The minimum absolute atomic E-state index is 0.0661. The molecule has 8 nitrogen and oxygen atoms in total. The molecule has 0 bridgehead atoms. The van der Waals surface area contributed by atoms with Gasteiger partial charge in [0, 0.05) is 32.1 Å². The minimum Gasteiger partial charge on any atom is -0.479 e. The number of hydrogen-bond acceptors (Lipinski definition) is 4. The first-order valence-electron chi connectivity index (χ1n) is 6.22. The number of rotatable bonds is 3. The Morgan fingerprint density at radius 3 is 2.84 bits per heavy atom. The molecule has 0 aromatic rings. The number of urea groups is 1. The second kappa shape index (κ2) is 5.43. The summed E-state index contributed by atoms with van der Waals surface area (Å²) >= 11 is 0. The van der Waals surface area contributed by atoms with Gasteiger partial charge in [0.2, 0.25) is 5.91 Å². The van der Waals surface area contributed by atoms with Gasteiger partial charge in [-0.1, -0.05) is 0 Å². The van der Waals surface area contributed by atoms with Gasteiger partial charge in [0.05, 0.1) is 6.54 Å². The predicted molar refractivity (Wildman–Crippen MR) is 63.3 cm³/mol. The summed E-state index contributed by atoms with van der Waals surface area (Å²) < 4.78 is 0. The molecule has 2 atom stereocenters. The van der Waals surface area contributed by atoms with Crippen LogP contribution in [0.2, 0.25) is 0 Å². The van der Waals surface area contributed by atoms with E-state index in [1.165, 1.54) is 0 Å². The first-order valence-corrected chi connectivity index (χ1v) is 6.22. The Morgan fingerprint density at radius 1 is 1.42 bits per heavy atom. The first kappa shape index (κ1) is 13.6. The lowest BCUT2D eigenvalue weighted by Crippen LogP contribution is -2.56. The Labute approximate surface area is 110 Å². The van der Waals surface area contributed by atoms with E-state index in [0.29, 0.717) is 26.1 Å². The number of piperazine rings is 1. The van der Waals surface area contributed by atoms with Crippen molar-refractivity contribution in [2.75, 3.05) is 26.2 Å². The maximum atomic E-state index is 11.8. The molecular formula is C11H17N3O5. The Hall–Kier alpha value is -1.83. The molecular weight excluding hydrogens is 254 g/mol. The Kier molecular flexibility index (Phi) is 3.89. The zero-order valence-corrected chi connectivity index (χ0v) is 10.4. The van der Waals surface area contributed by atoms with Gasteiger partial charge in [-0.25, -0.2) is 9.59 Å². The van der Waals surface area contributed by atoms with E-state index in [0.717, 1.165) is 6.42 Å².